The molecule has 5 N–H and O–H groups in total. The van der Waals surface area contributed by atoms with E-state index in [4.69, 9.17) is 20.2 Å². The topological polar surface area (TPSA) is 239 Å². The molecule has 5 heterocycles. The summed E-state index contributed by atoms with van der Waals surface area (Å²) >= 11 is 0. The average molecular weight is 865 g/mol. The van der Waals surface area contributed by atoms with Crippen molar-refractivity contribution in [3.8, 4) is 5.75 Å². The van der Waals surface area contributed by atoms with E-state index < -0.39 is 35.6 Å². The maximum atomic E-state index is 13.3. The molecule has 332 valence electrons. The number of carbonyl (C=O) groups is 7. The van der Waals surface area contributed by atoms with Crippen LogP contribution in [0, 0.1) is 5.92 Å². The Labute approximate surface area is 364 Å². The normalized spacial score (nSPS) is 22.2. The van der Waals surface area contributed by atoms with E-state index in [9.17, 15) is 33.6 Å². The van der Waals surface area contributed by atoms with Crippen molar-refractivity contribution in [2.24, 2.45) is 11.7 Å². The number of ether oxygens (including phenoxy) is 2. The van der Waals surface area contributed by atoms with Gasteiger partial charge >= 0.3 is 6.03 Å². The minimum atomic E-state index is -1.01. The van der Waals surface area contributed by atoms with Crippen molar-refractivity contribution in [2.45, 2.75) is 76.0 Å². The SMILES string of the molecule is CN1CCN([C@@H]2CCCN(c3cnc(C(N)=O)c(Nc4ccc(OCCCNC(=O)[C@H]5C[C@@H](OCCCc6cccc7c6C(=O)N(C6CCC(=O)NC6=O)C7=O)C5)cc4)n3)C2)C1=O. The van der Waals surface area contributed by atoms with Gasteiger partial charge in [0.2, 0.25) is 17.7 Å². The number of anilines is 3. The summed E-state index contributed by atoms with van der Waals surface area (Å²) in [5.74, 6) is -1.51. The van der Waals surface area contributed by atoms with Crippen LogP contribution in [0.1, 0.15) is 88.1 Å². The largest absolute Gasteiger partial charge is 0.494 e. The second kappa shape index (κ2) is 18.8. The highest BCUT2D eigenvalue weighted by Crippen LogP contribution is 2.33. The molecular weight excluding hydrogens is 813 g/mol. The number of carbonyl (C=O) groups excluding carboxylic acids is 7. The summed E-state index contributed by atoms with van der Waals surface area (Å²) in [5, 5.41) is 8.37. The Hall–Kier alpha value is -6.63. The molecule has 3 saturated heterocycles. The first-order chi connectivity index (χ1) is 30.4. The zero-order valence-electron chi connectivity index (χ0n) is 35.2. The molecule has 0 spiro atoms. The number of primary amides is 1. The van der Waals surface area contributed by atoms with Gasteiger partial charge in [-0.15, -0.1) is 0 Å². The fourth-order valence-corrected chi connectivity index (χ4v) is 8.83. The van der Waals surface area contributed by atoms with Crippen molar-refractivity contribution in [1.82, 2.24) is 35.3 Å². The number of urea groups is 1. The van der Waals surface area contributed by atoms with Gasteiger partial charge in [-0.05, 0) is 87.3 Å². The molecule has 1 aliphatic carbocycles. The smallest absolute Gasteiger partial charge is 0.320 e. The summed E-state index contributed by atoms with van der Waals surface area (Å²) in [6.07, 6.45) is 6.41. The maximum Gasteiger partial charge on any atom is 0.320 e. The molecule has 4 fully saturated rings. The van der Waals surface area contributed by atoms with Crippen molar-refractivity contribution in [1.29, 1.82) is 0 Å². The Morgan fingerprint density at radius 1 is 0.952 bits per heavy atom. The number of aryl methyl sites for hydroxylation is 1. The van der Waals surface area contributed by atoms with Crippen LogP contribution in [0.25, 0.3) is 0 Å². The molecule has 1 saturated carbocycles. The van der Waals surface area contributed by atoms with Crippen LogP contribution in [0.3, 0.4) is 0 Å². The molecule has 4 aliphatic heterocycles. The van der Waals surface area contributed by atoms with E-state index in [1.807, 2.05) is 11.9 Å². The minimum Gasteiger partial charge on any atom is -0.494 e. The van der Waals surface area contributed by atoms with Crippen LogP contribution in [-0.4, -0.2) is 137 Å². The van der Waals surface area contributed by atoms with Crippen LogP contribution in [0.15, 0.2) is 48.7 Å². The number of likely N-dealkylation sites (N-methyl/N-ethyl adjacent to an activating group) is 1. The lowest BCUT2D eigenvalue weighted by Crippen LogP contribution is -2.54. The molecule has 1 aromatic heterocycles. The first-order valence-corrected chi connectivity index (χ1v) is 21.6. The first kappa shape index (κ1) is 43.0. The van der Waals surface area contributed by atoms with Crippen molar-refractivity contribution >= 4 is 58.8 Å². The lowest BCUT2D eigenvalue weighted by molar-refractivity contribution is -0.136. The molecule has 5 aliphatic rings. The molecule has 3 aromatic rings. The van der Waals surface area contributed by atoms with Crippen molar-refractivity contribution < 1.29 is 43.0 Å². The lowest BCUT2D eigenvalue weighted by atomic mass is 9.81. The van der Waals surface area contributed by atoms with E-state index in [0.29, 0.717) is 99.9 Å². The van der Waals surface area contributed by atoms with Gasteiger partial charge < -0.3 is 40.5 Å². The Morgan fingerprint density at radius 3 is 2.51 bits per heavy atom. The second-order valence-corrected chi connectivity index (χ2v) is 16.6. The molecule has 0 bridgehead atoms. The first-order valence-electron chi connectivity index (χ1n) is 21.6. The average Bonchev–Trinajstić information content (AvgIpc) is 3.73. The lowest BCUT2D eigenvalue weighted by Gasteiger charge is -2.37. The molecule has 2 atom stereocenters. The summed E-state index contributed by atoms with van der Waals surface area (Å²) < 4.78 is 11.9. The number of imide groups is 2. The Balaban J connectivity index is 0.722. The summed E-state index contributed by atoms with van der Waals surface area (Å²) in [6.45, 7) is 4.04. The van der Waals surface area contributed by atoms with Crippen LogP contribution < -0.4 is 31.3 Å². The standard InChI is InChI=1S/C44H52N10O9/c1-51-18-19-53(44(51)61)29-8-3-17-52(25-29)34-24-47-37(38(45)56)39(49-34)48-28-10-12-30(13-11-28)62-21-5-16-46-40(57)27-22-31(23-27)63-20-4-7-26-6-2-9-32-36(26)43(60)54(42(32)59)33-14-15-35(55)50-41(33)58/h2,6,9-13,24,27,29,31,33H,3-5,7-8,14-23,25H2,1H3,(H2,45,56)(H,46,57)(H,48,49)(H,50,55,58)/t27-,29-,31+,33?/m1/s1. The van der Waals surface area contributed by atoms with Crippen LogP contribution in [0.5, 0.6) is 5.75 Å². The molecule has 0 radical (unpaired) electrons. The molecule has 19 nitrogen and oxygen atoms in total. The highest BCUT2D eigenvalue weighted by Gasteiger charge is 2.45. The van der Waals surface area contributed by atoms with Crippen LogP contribution in [-0.2, 0) is 25.5 Å². The number of fused-ring (bicyclic) bond motifs is 1. The third-order valence-corrected chi connectivity index (χ3v) is 12.4. The van der Waals surface area contributed by atoms with E-state index in [2.05, 4.69) is 25.8 Å². The number of amides is 8. The summed E-state index contributed by atoms with van der Waals surface area (Å²) in [5.41, 5.74) is 7.58. The van der Waals surface area contributed by atoms with Gasteiger partial charge in [-0.1, -0.05) is 12.1 Å². The van der Waals surface area contributed by atoms with Gasteiger partial charge in [-0.3, -0.25) is 39.0 Å². The molecular formula is C44H52N10O9. The van der Waals surface area contributed by atoms with E-state index in [1.54, 1.807) is 53.6 Å². The van der Waals surface area contributed by atoms with Gasteiger partial charge in [0.05, 0.1) is 36.1 Å². The van der Waals surface area contributed by atoms with E-state index in [0.717, 1.165) is 24.3 Å². The van der Waals surface area contributed by atoms with Gasteiger partial charge in [0.15, 0.2) is 11.5 Å². The van der Waals surface area contributed by atoms with Crippen molar-refractivity contribution in [3.63, 3.8) is 0 Å². The van der Waals surface area contributed by atoms with Crippen LogP contribution in [0.2, 0.25) is 0 Å². The highest BCUT2D eigenvalue weighted by atomic mass is 16.5. The second-order valence-electron chi connectivity index (χ2n) is 16.6. The Morgan fingerprint density at radius 2 is 1.76 bits per heavy atom. The molecule has 63 heavy (non-hydrogen) atoms. The predicted molar refractivity (Wildman–Crippen MR) is 227 cm³/mol. The van der Waals surface area contributed by atoms with E-state index in [1.165, 1.54) is 0 Å². The summed E-state index contributed by atoms with van der Waals surface area (Å²) in [6, 6.07) is 11.4. The number of nitrogens with two attached hydrogens (primary N) is 1. The van der Waals surface area contributed by atoms with E-state index in [-0.39, 0.29) is 59.9 Å². The Kier molecular flexibility index (Phi) is 12.8. The van der Waals surface area contributed by atoms with Gasteiger partial charge in [-0.25, -0.2) is 14.8 Å². The van der Waals surface area contributed by atoms with Crippen LogP contribution >= 0.6 is 0 Å². The third kappa shape index (κ3) is 9.42. The maximum absolute atomic E-state index is 13.3. The number of aromatic nitrogens is 2. The fraction of sp³-hybridized carbons (Fsp3) is 0.477. The quantitative estimate of drug-likeness (QED) is 0.113. The zero-order chi connectivity index (χ0) is 44.2. The third-order valence-electron chi connectivity index (χ3n) is 12.4. The number of benzene rings is 2. The number of piperidine rings is 2. The number of hydrogen-bond donors (Lipinski definition) is 4. The zero-order valence-corrected chi connectivity index (χ0v) is 35.2. The number of nitrogens with one attached hydrogen (secondary N) is 3. The molecule has 1 unspecified atom stereocenters. The predicted octanol–water partition coefficient (Wildman–Crippen LogP) is 2.37. The number of rotatable bonds is 17. The minimum absolute atomic E-state index is 0.0153. The number of hydrogen-bond acceptors (Lipinski definition) is 13. The van der Waals surface area contributed by atoms with E-state index >= 15 is 0 Å². The van der Waals surface area contributed by atoms with Gasteiger partial charge in [0.1, 0.15) is 17.6 Å². The van der Waals surface area contributed by atoms with Crippen molar-refractivity contribution in [2.75, 3.05) is 63.2 Å². The van der Waals surface area contributed by atoms with Gasteiger partial charge in [0.25, 0.3) is 17.7 Å². The fourth-order valence-electron chi connectivity index (χ4n) is 8.83. The number of nitrogens with zero attached hydrogens (tertiary/aromatic N) is 6. The molecule has 8 amide bonds. The molecule has 19 heteroatoms. The highest BCUT2D eigenvalue weighted by molar-refractivity contribution is 6.24. The van der Waals surface area contributed by atoms with Crippen LogP contribution in [0.4, 0.5) is 22.1 Å². The van der Waals surface area contributed by atoms with Gasteiger partial charge in [-0.2, -0.15) is 0 Å². The van der Waals surface area contributed by atoms with Gasteiger partial charge in [0, 0.05) is 64.4 Å². The van der Waals surface area contributed by atoms with Crippen molar-refractivity contribution in [3.05, 3.63) is 71.0 Å². The summed E-state index contributed by atoms with van der Waals surface area (Å²) in [7, 11) is 1.81. The Bertz CT molecular complexity index is 2280. The molecule has 2 aromatic carbocycles. The monoisotopic (exact) mass is 864 g/mol. The summed E-state index contributed by atoms with van der Waals surface area (Å²) in [4.78, 5) is 104. The molecule has 8 rings (SSSR count).